The van der Waals surface area contributed by atoms with Crippen LogP contribution in [0.15, 0.2) is 54.6 Å². The van der Waals surface area contributed by atoms with E-state index in [2.05, 4.69) is 5.32 Å². The van der Waals surface area contributed by atoms with Gasteiger partial charge in [-0.2, -0.15) is 0 Å². The summed E-state index contributed by atoms with van der Waals surface area (Å²) in [7, 11) is 3.49. The van der Waals surface area contributed by atoms with E-state index in [1.54, 1.807) is 19.1 Å². The molecule has 152 valence electrons. The maximum absolute atomic E-state index is 13.5. The van der Waals surface area contributed by atoms with E-state index in [-0.39, 0.29) is 23.7 Å². The van der Waals surface area contributed by atoms with Crippen molar-refractivity contribution in [3.8, 4) is 0 Å². The summed E-state index contributed by atoms with van der Waals surface area (Å²) in [6, 6.07) is 17.8. The van der Waals surface area contributed by atoms with Gasteiger partial charge >= 0.3 is 0 Å². The molecule has 1 aliphatic heterocycles. The highest BCUT2D eigenvalue weighted by molar-refractivity contribution is 6.09. The van der Waals surface area contributed by atoms with E-state index in [0.29, 0.717) is 19.6 Å². The summed E-state index contributed by atoms with van der Waals surface area (Å²) in [5.74, 6) is -0.0995. The Morgan fingerprint density at radius 2 is 1.79 bits per heavy atom. The maximum atomic E-state index is 13.5. The van der Waals surface area contributed by atoms with Crippen LogP contribution < -0.4 is 10.2 Å². The van der Waals surface area contributed by atoms with Crippen LogP contribution in [0, 0.1) is 5.41 Å². The molecule has 0 spiro atoms. The minimum absolute atomic E-state index is 0.0178. The molecule has 29 heavy (non-hydrogen) atoms. The van der Waals surface area contributed by atoms with E-state index in [9.17, 15) is 9.59 Å². The molecule has 1 fully saturated rings. The number of anilines is 1. The zero-order valence-corrected chi connectivity index (χ0v) is 17.1. The van der Waals surface area contributed by atoms with E-state index < -0.39 is 5.41 Å². The van der Waals surface area contributed by atoms with Crippen LogP contribution >= 0.6 is 0 Å². The first-order chi connectivity index (χ1) is 14.0. The van der Waals surface area contributed by atoms with Gasteiger partial charge in [-0.3, -0.25) is 9.59 Å². The third kappa shape index (κ3) is 3.67. The van der Waals surface area contributed by atoms with E-state index in [1.807, 2.05) is 54.6 Å². The maximum Gasteiger partial charge on any atom is 0.238 e. The zero-order chi connectivity index (χ0) is 20.5. The molecule has 0 radical (unpaired) electrons. The SMILES string of the molecule is COCC1(CNC(=O)CC2(Cc3ccccc3)C(=O)N(C)c3ccccc32)CC1. The van der Waals surface area contributed by atoms with Crippen molar-refractivity contribution in [2.75, 3.05) is 32.2 Å². The van der Waals surface area contributed by atoms with Crippen LogP contribution in [-0.2, 0) is 26.2 Å². The number of benzene rings is 2. The average molecular weight is 392 g/mol. The Morgan fingerprint density at radius 1 is 1.10 bits per heavy atom. The van der Waals surface area contributed by atoms with Crippen LogP contribution in [-0.4, -0.2) is 39.1 Å². The summed E-state index contributed by atoms with van der Waals surface area (Å²) in [6.07, 6.45) is 2.79. The first kappa shape index (κ1) is 19.6. The Labute approximate surface area is 172 Å². The lowest BCUT2D eigenvalue weighted by Gasteiger charge is -2.28. The quantitative estimate of drug-likeness (QED) is 0.751. The number of amides is 2. The van der Waals surface area contributed by atoms with Crippen LogP contribution in [0.1, 0.15) is 30.4 Å². The van der Waals surface area contributed by atoms with Gasteiger partial charge in [0.1, 0.15) is 0 Å². The highest BCUT2D eigenvalue weighted by Gasteiger charge is 2.51. The molecule has 0 saturated heterocycles. The van der Waals surface area contributed by atoms with Gasteiger partial charge in [-0.25, -0.2) is 0 Å². The number of methoxy groups -OCH3 is 1. The van der Waals surface area contributed by atoms with Gasteiger partial charge in [0.05, 0.1) is 12.0 Å². The normalized spacial score (nSPS) is 21.7. The second-order valence-electron chi connectivity index (χ2n) is 8.51. The first-order valence-corrected chi connectivity index (χ1v) is 10.2. The number of rotatable bonds is 8. The highest BCUT2D eigenvalue weighted by Crippen LogP contribution is 2.47. The Bertz CT molecular complexity index is 907. The van der Waals surface area contributed by atoms with Crippen molar-refractivity contribution >= 4 is 17.5 Å². The van der Waals surface area contributed by atoms with E-state index >= 15 is 0 Å². The molecular weight excluding hydrogens is 364 g/mol. The van der Waals surface area contributed by atoms with Crippen LogP contribution in [0.4, 0.5) is 5.69 Å². The number of hydrogen-bond acceptors (Lipinski definition) is 3. The molecule has 1 N–H and O–H groups in total. The van der Waals surface area contributed by atoms with Crippen LogP contribution in [0.5, 0.6) is 0 Å². The molecule has 1 unspecified atom stereocenters. The summed E-state index contributed by atoms with van der Waals surface area (Å²) in [6.45, 7) is 1.26. The van der Waals surface area contributed by atoms with Gasteiger partial charge in [0.15, 0.2) is 0 Å². The van der Waals surface area contributed by atoms with Crippen molar-refractivity contribution in [3.05, 3.63) is 65.7 Å². The molecule has 5 nitrogen and oxygen atoms in total. The number of nitrogens with one attached hydrogen (secondary N) is 1. The van der Waals surface area contributed by atoms with Crippen molar-refractivity contribution in [1.29, 1.82) is 0 Å². The van der Waals surface area contributed by atoms with E-state index in [1.165, 1.54) is 0 Å². The van der Waals surface area contributed by atoms with E-state index in [4.69, 9.17) is 4.74 Å². The number of likely N-dealkylation sites (N-methyl/N-ethyl adjacent to an activating group) is 1. The monoisotopic (exact) mass is 392 g/mol. The fourth-order valence-electron chi connectivity index (χ4n) is 4.54. The smallest absolute Gasteiger partial charge is 0.238 e. The van der Waals surface area contributed by atoms with Gasteiger partial charge < -0.3 is 15.0 Å². The van der Waals surface area contributed by atoms with Crippen LogP contribution in [0.25, 0.3) is 0 Å². The molecule has 0 bridgehead atoms. The third-order valence-corrected chi connectivity index (χ3v) is 6.37. The third-order valence-electron chi connectivity index (χ3n) is 6.37. The van der Waals surface area contributed by atoms with Gasteiger partial charge in [-0.1, -0.05) is 48.5 Å². The Balaban J connectivity index is 1.61. The largest absolute Gasteiger partial charge is 0.384 e. The first-order valence-electron chi connectivity index (χ1n) is 10.2. The molecule has 2 amide bonds. The van der Waals surface area contributed by atoms with Gasteiger partial charge in [0, 0.05) is 38.2 Å². The number of para-hydroxylation sites is 1. The van der Waals surface area contributed by atoms with Gasteiger partial charge in [-0.15, -0.1) is 0 Å². The highest BCUT2D eigenvalue weighted by atomic mass is 16.5. The Morgan fingerprint density at radius 3 is 2.48 bits per heavy atom. The van der Waals surface area contributed by atoms with Crippen LogP contribution in [0.3, 0.4) is 0 Å². The van der Waals surface area contributed by atoms with Gasteiger partial charge in [0.25, 0.3) is 0 Å². The van der Waals surface area contributed by atoms with Crippen molar-refractivity contribution in [2.45, 2.75) is 31.1 Å². The minimum Gasteiger partial charge on any atom is -0.384 e. The number of ether oxygens (including phenoxy) is 1. The summed E-state index contributed by atoms with van der Waals surface area (Å²) in [5, 5.41) is 3.08. The predicted octanol–water partition coefficient (Wildman–Crippen LogP) is 3.08. The topological polar surface area (TPSA) is 58.6 Å². The minimum atomic E-state index is -0.880. The zero-order valence-electron chi connectivity index (χ0n) is 17.1. The summed E-state index contributed by atoms with van der Waals surface area (Å²) in [4.78, 5) is 28.2. The lowest BCUT2D eigenvalue weighted by molar-refractivity contribution is -0.129. The molecule has 1 heterocycles. The molecular formula is C24H28N2O3. The molecule has 0 aromatic heterocycles. The number of nitrogens with zero attached hydrogens (tertiary/aromatic N) is 1. The molecule has 1 aliphatic carbocycles. The molecule has 2 aromatic carbocycles. The van der Waals surface area contributed by atoms with Crippen molar-refractivity contribution < 1.29 is 14.3 Å². The standard InChI is InChI=1S/C24H28N2O3/c1-26-20-11-7-6-10-19(20)24(22(26)28,14-18-8-4-3-5-9-18)15-21(27)25-16-23(12-13-23)17-29-2/h3-11H,12-17H2,1-2H3,(H,25,27). The lowest BCUT2D eigenvalue weighted by atomic mass is 9.73. The molecule has 1 atom stereocenters. The number of fused-ring (bicyclic) bond motifs is 1. The lowest BCUT2D eigenvalue weighted by Crippen LogP contribution is -2.45. The van der Waals surface area contributed by atoms with Crippen LogP contribution in [0.2, 0.25) is 0 Å². The summed E-state index contributed by atoms with van der Waals surface area (Å²) < 4.78 is 5.30. The number of hydrogen-bond donors (Lipinski definition) is 1. The Kier molecular flexibility index (Phi) is 5.17. The predicted molar refractivity (Wildman–Crippen MR) is 113 cm³/mol. The Hall–Kier alpha value is -2.66. The van der Waals surface area contributed by atoms with Crippen molar-refractivity contribution in [1.82, 2.24) is 5.32 Å². The number of carbonyl (C=O) groups is 2. The fraction of sp³-hybridized carbons (Fsp3) is 0.417. The van der Waals surface area contributed by atoms with Crippen molar-refractivity contribution in [3.63, 3.8) is 0 Å². The average Bonchev–Trinajstić information content (AvgIpc) is 3.48. The molecule has 2 aliphatic rings. The second kappa shape index (κ2) is 7.64. The second-order valence-corrected chi connectivity index (χ2v) is 8.51. The summed E-state index contributed by atoms with van der Waals surface area (Å²) in [5.41, 5.74) is 2.07. The molecule has 5 heteroatoms. The van der Waals surface area contributed by atoms with E-state index in [0.717, 1.165) is 29.7 Å². The van der Waals surface area contributed by atoms with Crippen molar-refractivity contribution in [2.24, 2.45) is 5.41 Å². The molecule has 2 aromatic rings. The summed E-state index contributed by atoms with van der Waals surface area (Å²) >= 11 is 0. The molecule has 1 saturated carbocycles. The fourth-order valence-corrected chi connectivity index (χ4v) is 4.54. The van der Waals surface area contributed by atoms with Gasteiger partial charge in [0.2, 0.25) is 11.8 Å². The molecule has 4 rings (SSSR count). The number of carbonyl (C=O) groups excluding carboxylic acids is 2. The van der Waals surface area contributed by atoms with Gasteiger partial charge in [-0.05, 0) is 36.5 Å².